The summed E-state index contributed by atoms with van der Waals surface area (Å²) >= 11 is 0. The number of carbonyl (C=O) groups excluding carboxylic acids is 1. The third-order valence-electron chi connectivity index (χ3n) is 4.67. The molecule has 3 rings (SSSR count). The summed E-state index contributed by atoms with van der Waals surface area (Å²) in [7, 11) is 6.80. The summed E-state index contributed by atoms with van der Waals surface area (Å²) in [5.74, 6) is 2.17. The fraction of sp³-hybridized carbons (Fsp3) is 0.421. The van der Waals surface area contributed by atoms with Crippen LogP contribution in [0.1, 0.15) is 5.56 Å². The number of carbonyl (C=O) groups is 1. The second-order valence-corrected chi connectivity index (χ2v) is 6.42. The maximum absolute atomic E-state index is 12.6. The molecule has 0 saturated carbocycles. The van der Waals surface area contributed by atoms with Crippen molar-refractivity contribution in [3.05, 3.63) is 36.2 Å². The molecule has 0 atom stereocenters. The van der Waals surface area contributed by atoms with E-state index < -0.39 is 0 Å². The van der Waals surface area contributed by atoms with Crippen LogP contribution in [0.15, 0.2) is 35.6 Å². The predicted molar refractivity (Wildman–Crippen MR) is 107 cm³/mol. The Bertz CT molecular complexity index is 863. The Kier molecular flexibility index (Phi) is 6.03. The summed E-state index contributed by atoms with van der Waals surface area (Å²) in [5, 5.41) is 7.46. The highest BCUT2D eigenvalue weighted by Gasteiger charge is 2.27. The number of aliphatic imine (C=N–C) groups is 1. The van der Waals surface area contributed by atoms with E-state index in [0.29, 0.717) is 25.6 Å². The van der Waals surface area contributed by atoms with E-state index in [2.05, 4.69) is 15.4 Å². The number of guanidine groups is 1. The molecular weight excluding hydrogens is 360 g/mol. The first kappa shape index (κ1) is 19.5. The standard InChI is InChI=1S/C19H26N6O3/c1-20-19(21-10-14-5-6-16(27-3)9-17(14)28-4)24-7-8-25(18(26)13-24)15-11-22-23(2)12-15/h5-6,9,11-12H,7-8,10,13H2,1-4H3,(H,20,21). The van der Waals surface area contributed by atoms with Crippen molar-refractivity contribution >= 4 is 17.6 Å². The van der Waals surface area contributed by atoms with Crippen LogP contribution in [0.3, 0.4) is 0 Å². The molecule has 1 aromatic heterocycles. The van der Waals surface area contributed by atoms with Gasteiger partial charge >= 0.3 is 0 Å². The molecule has 1 aliphatic heterocycles. The highest BCUT2D eigenvalue weighted by molar-refractivity contribution is 5.98. The molecule has 9 heteroatoms. The Labute approximate surface area is 164 Å². The number of piperazine rings is 1. The van der Waals surface area contributed by atoms with Gasteiger partial charge in [-0.2, -0.15) is 5.10 Å². The van der Waals surface area contributed by atoms with Crippen LogP contribution in [0.25, 0.3) is 0 Å². The quantitative estimate of drug-likeness (QED) is 0.606. The zero-order chi connectivity index (χ0) is 20.1. The summed E-state index contributed by atoms with van der Waals surface area (Å²) < 4.78 is 12.4. The molecule has 2 aromatic rings. The van der Waals surface area contributed by atoms with Gasteiger partial charge in [0.15, 0.2) is 5.96 Å². The molecule has 150 valence electrons. The minimum Gasteiger partial charge on any atom is -0.497 e. The van der Waals surface area contributed by atoms with E-state index in [9.17, 15) is 4.79 Å². The first-order chi connectivity index (χ1) is 13.5. The number of hydrogen-bond acceptors (Lipinski definition) is 5. The molecule has 0 spiro atoms. The number of methoxy groups -OCH3 is 2. The van der Waals surface area contributed by atoms with Crippen molar-refractivity contribution in [2.75, 3.05) is 45.8 Å². The van der Waals surface area contributed by atoms with Crippen LogP contribution in [0.5, 0.6) is 11.5 Å². The average Bonchev–Trinajstić information content (AvgIpc) is 3.14. The van der Waals surface area contributed by atoms with Gasteiger partial charge < -0.3 is 24.6 Å². The second-order valence-electron chi connectivity index (χ2n) is 6.42. The topological polar surface area (TPSA) is 84.2 Å². The summed E-state index contributed by atoms with van der Waals surface area (Å²) in [6.45, 7) is 2.04. The molecule has 1 fully saturated rings. The molecule has 0 aliphatic carbocycles. The normalized spacial score (nSPS) is 15.0. The fourth-order valence-corrected chi connectivity index (χ4v) is 3.18. The Balaban J connectivity index is 1.63. The van der Waals surface area contributed by atoms with E-state index in [1.54, 1.807) is 37.0 Å². The van der Waals surface area contributed by atoms with Gasteiger partial charge in [0.25, 0.3) is 0 Å². The number of ether oxygens (including phenoxy) is 2. The van der Waals surface area contributed by atoms with Gasteiger partial charge in [-0.15, -0.1) is 0 Å². The lowest BCUT2D eigenvalue weighted by Crippen LogP contribution is -2.55. The lowest BCUT2D eigenvalue weighted by molar-refractivity contribution is -0.120. The smallest absolute Gasteiger partial charge is 0.246 e. The third-order valence-corrected chi connectivity index (χ3v) is 4.67. The minimum atomic E-state index is 0.0178. The van der Waals surface area contributed by atoms with Crippen LogP contribution in [0, 0.1) is 0 Å². The van der Waals surface area contributed by atoms with Crippen LogP contribution in [0.4, 0.5) is 5.69 Å². The van der Waals surface area contributed by atoms with E-state index >= 15 is 0 Å². The van der Waals surface area contributed by atoms with Crippen molar-refractivity contribution in [2.24, 2.45) is 12.0 Å². The zero-order valence-electron chi connectivity index (χ0n) is 16.7. The van der Waals surface area contributed by atoms with E-state index in [1.807, 2.05) is 36.3 Å². The molecule has 9 nitrogen and oxygen atoms in total. The molecule has 0 unspecified atom stereocenters. The van der Waals surface area contributed by atoms with E-state index in [1.165, 1.54) is 0 Å². The molecule has 0 bridgehead atoms. The number of hydrogen-bond donors (Lipinski definition) is 1. The van der Waals surface area contributed by atoms with Crippen LogP contribution in [-0.2, 0) is 18.4 Å². The molecule has 1 amide bonds. The highest BCUT2D eigenvalue weighted by atomic mass is 16.5. The van der Waals surface area contributed by atoms with E-state index in [-0.39, 0.29) is 12.5 Å². The molecule has 1 N–H and O–H groups in total. The number of aryl methyl sites for hydroxylation is 1. The molecule has 1 aliphatic rings. The number of aromatic nitrogens is 2. The van der Waals surface area contributed by atoms with Crippen molar-refractivity contribution in [3.63, 3.8) is 0 Å². The Morgan fingerprint density at radius 1 is 1.29 bits per heavy atom. The van der Waals surface area contributed by atoms with Crippen molar-refractivity contribution in [2.45, 2.75) is 6.54 Å². The number of amides is 1. The molecule has 28 heavy (non-hydrogen) atoms. The largest absolute Gasteiger partial charge is 0.497 e. The minimum absolute atomic E-state index is 0.0178. The zero-order valence-corrected chi connectivity index (χ0v) is 16.7. The highest BCUT2D eigenvalue weighted by Crippen LogP contribution is 2.24. The second kappa shape index (κ2) is 8.64. The van der Waals surface area contributed by atoms with Crippen molar-refractivity contribution in [1.29, 1.82) is 0 Å². The van der Waals surface area contributed by atoms with Gasteiger partial charge in [-0.25, -0.2) is 0 Å². The summed E-state index contributed by atoms with van der Waals surface area (Å²) in [6, 6.07) is 5.68. The molecule has 1 aromatic carbocycles. The number of benzene rings is 1. The monoisotopic (exact) mass is 386 g/mol. The lowest BCUT2D eigenvalue weighted by Gasteiger charge is -2.35. The first-order valence-corrected chi connectivity index (χ1v) is 9.01. The van der Waals surface area contributed by atoms with Crippen LogP contribution < -0.4 is 19.7 Å². The maximum Gasteiger partial charge on any atom is 0.246 e. The fourth-order valence-electron chi connectivity index (χ4n) is 3.18. The van der Waals surface area contributed by atoms with Crippen LogP contribution in [0.2, 0.25) is 0 Å². The van der Waals surface area contributed by atoms with Crippen molar-refractivity contribution < 1.29 is 14.3 Å². The van der Waals surface area contributed by atoms with Crippen LogP contribution >= 0.6 is 0 Å². The first-order valence-electron chi connectivity index (χ1n) is 9.01. The number of rotatable bonds is 5. The summed E-state index contributed by atoms with van der Waals surface area (Å²) in [6.07, 6.45) is 3.55. The van der Waals surface area contributed by atoms with E-state index in [4.69, 9.17) is 9.47 Å². The molecule has 0 radical (unpaired) electrons. The molecule has 1 saturated heterocycles. The van der Waals surface area contributed by atoms with Gasteiger partial charge in [0.2, 0.25) is 5.91 Å². The lowest BCUT2D eigenvalue weighted by atomic mass is 10.2. The number of anilines is 1. The number of nitrogens with zero attached hydrogens (tertiary/aromatic N) is 5. The van der Waals surface area contributed by atoms with Gasteiger partial charge in [-0.1, -0.05) is 0 Å². The van der Waals surface area contributed by atoms with Crippen LogP contribution in [-0.4, -0.2) is 67.4 Å². The summed E-state index contributed by atoms with van der Waals surface area (Å²) in [4.78, 5) is 20.6. The molecule has 2 heterocycles. The Morgan fingerprint density at radius 2 is 2.11 bits per heavy atom. The van der Waals surface area contributed by atoms with Gasteiger partial charge in [0, 0.05) is 51.6 Å². The van der Waals surface area contributed by atoms with E-state index in [0.717, 1.165) is 22.7 Å². The van der Waals surface area contributed by atoms with Crippen molar-refractivity contribution in [1.82, 2.24) is 20.0 Å². The van der Waals surface area contributed by atoms with Crippen molar-refractivity contribution in [3.8, 4) is 11.5 Å². The Hall–Kier alpha value is -3.23. The Morgan fingerprint density at radius 3 is 2.71 bits per heavy atom. The predicted octanol–water partition coefficient (Wildman–Crippen LogP) is 0.861. The maximum atomic E-state index is 12.6. The SMILES string of the molecule is CN=C(NCc1ccc(OC)cc1OC)N1CCN(c2cnn(C)c2)C(=O)C1. The number of nitrogens with one attached hydrogen (secondary N) is 1. The van der Waals surface area contributed by atoms with Gasteiger partial charge in [-0.3, -0.25) is 14.5 Å². The van der Waals surface area contributed by atoms with Gasteiger partial charge in [-0.05, 0) is 12.1 Å². The molecular formula is C19H26N6O3. The van der Waals surface area contributed by atoms with Gasteiger partial charge in [0.1, 0.15) is 18.0 Å². The summed E-state index contributed by atoms with van der Waals surface area (Å²) in [5.41, 5.74) is 1.79. The van der Waals surface area contributed by atoms with Gasteiger partial charge in [0.05, 0.1) is 26.1 Å². The third kappa shape index (κ3) is 4.19. The average molecular weight is 386 g/mol.